The Morgan fingerprint density at radius 3 is 2.65 bits per heavy atom. The fraction of sp³-hybridized carbons (Fsp3) is 0.611. The highest BCUT2D eigenvalue weighted by molar-refractivity contribution is 5.69. The molecule has 1 aliphatic rings. The molecule has 128 valence electrons. The average Bonchev–Trinajstić information content (AvgIpc) is 2.75. The molecule has 0 aliphatic carbocycles. The van der Waals surface area contributed by atoms with Gasteiger partial charge in [-0.25, -0.2) is 4.39 Å². The summed E-state index contributed by atoms with van der Waals surface area (Å²) in [6.45, 7) is 4.21. The summed E-state index contributed by atoms with van der Waals surface area (Å²) >= 11 is 0. The Kier molecular flexibility index (Phi) is 6.54. The third kappa shape index (κ3) is 5.01. The van der Waals surface area contributed by atoms with Crippen LogP contribution in [0.25, 0.3) is 0 Å². The van der Waals surface area contributed by atoms with Crippen LogP contribution in [0.4, 0.5) is 4.39 Å². The highest BCUT2D eigenvalue weighted by Gasteiger charge is 2.25. The lowest BCUT2D eigenvalue weighted by molar-refractivity contribution is -0.138. The second kappa shape index (κ2) is 8.41. The fourth-order valence-corrected chi connectivity index (χ4v) is 3.59. The first kappa shape index (κ1) is 17.9. The first-order chi connectivity index (χ1) is 11.0. The van der Waals surface area contributed by atoms with Gasteiger partial charge in [-0.3, -0.25) is 14.6 Å². The number of aliphatic carboxylic acids is 1. The van der Waals surface area contributed by atoms with Crippen LogP contribution < -0.4 is 0 Å². The van der Waals surface area contributed by atoms with E-state index in [9.17, 15) is 9.18 Å². The molecule has 0 aromatic heterocycles. The zero-order valence-corrected chi connectivity index (χ0v) is 14.0. The van der Waals surface area contributed by atoms with Crippen LogP contribution in [0.1, 0.15) is 44.2 Å². The van der Waals surface area contributed by atoms with E-state index in [1.165, 1.54) is 12.1 Å². The Labute approximate surface area is 137 Å². The van der Waals surface area contributed by atoms with E-state index in [1.54, 1.807) is 0 Å². The van der Waals surface area contributed by atoms with Gasteiger partial charge in [-0.1, -0.05) is 19.1 Å². The molecule has 0 saturated carbocycles. The summed E-state index contributed by atoms with van der Waals surface area (Å²) in [5, 5.41) is 8.95. The lowest BCUT2D eigenvalue weighted by atomic mass is 10.0. The summed E-state index contributed by atoms with van der Waals surface area (Å²) in [6, 6.07) is 7.43. The third-order valence-electron chi connectivity index (χ3n) is 4.82. The number of hydrogen-bond acceptors (Lipinski definition) is 3. The van der Waals surface area contributed by atoms with Gasteiger partial charge < -0.3 is 5.11 Å². The molecular formula is C18H27FN2O2. The van der Waals surface area contributed by atoms with Crippen molar-refractivity contribution in [1.29, 1.82) is 0 Å². The van der Waals surface area contributed by atoms with Crippen LogP contribution in [0.3, 0.4) is 0 Å². The van der Waals surface area contributed by atoms with E-state index < -0.39 is 5.97 Å². The number of likely N-dealkylation sites (tertiary alicyclic amines) is 1. The maximum atomic E-state index is 13.1. The molecule has 1 heterocycles. The Hall–Kier alpha value is -1.46. The Balaban J connectivity index is 2.00. The normalized spacial score (nSPS) is 21.1. The van der Waals surface area contributed by atoms with E-state index >= 15 is 0 Å². The number of likely N-dealkylation sites (N-methyl/N-ethyl adjacent to an activating group) is 1. The first-order valence-electron chi connectivity index (χ1n) is 8.42. The first-order valence-corrected chi connectivity index (χ1v) is 8.42. The van der Waals surface area contributed by atoms with E-state index in [-0.39, 0.29) is 12.4 Å². The number of carboxylic acids is 1. The maximum Gasteiger partial charge on any atom is 0.317 e. The number of rotatable bonds is 6. The summed E-state index contributed by atoms with van der Waals surface area (Å²) in [7, 11) is 1.89. The van der Waals surface area contributed by atoms with Gasteiger partial charge in [0.05, 0.1) is 6.54 Å². The van der Waals surface area contributed by atoms with Gasteiger partial charge >= 0.3 is 5.97 Å². The van der Waals surface area contributed by atoms with Crippen LogP contribution in [0, 0.1) is 5.82 Å². The average molecular weight is 322 g/mol. The van der Waals surface area contributed by atoms with Gasteiger partial charge in [0.15, 0.2) is 0 Å². The van der Waals surface area contributed by atoms with Crippen LogP contribution in [-0.4, -0.2) is 53.6 Å². The molecule has 1 aliphatic heterocycles. The number of nitrogens with zero attached hydrogens (tertiary/aromatic N) is 2. The van der Waals surface area contributed by atoms with Crippen molar-refractivity contribution >= 4 is 5.97 Å². The lowest BCUT2D eigenvalue weighted by Crippen LogP contribution is -2.37. The van der Waals surface area contributed by atoms with Crippen LogP contribution in [-0.2, 0) is 4.79 Å². The number of hydrogen-bond donors (Lipinski definition) is 1. The quantitative estimate of drug-likeness (QED) is 0.874. The second-order valence-corrected chi connectivity index (χ2v) is 6.41. The summed E-state index contributed by atoms with van der Waals surface area (Å²) in [4.78, 5) is 15.3. The second-order valence-electron chi connectivity index (χ2n) is 6.41. The van der Waals surface area contributed by atoms with E-state index in [1.807, 2.05) is 24.1 Å². The van der Waals surface area contributed by atoms with Crippen molar-refractivity contribution < 1.29 is 14.3 Å². The van der Waals surface area contributed by atoms with Crippen LogP contribution >= 0.6 is 0 Å². The minimum Gasteiger partial charge on any atom is -0.480 e. The molecule has 5 heteroatoms. The Bertz CT molecular complexity index is 506. The van der Waals surface area contributed by atoms with Gasteiger partial charge in [-0.15, -0.1) is 0 Å². The molecule has 1 aromatic carbocycles. The number of halogens is 1. The SMILES string of the molecule is CCC(c1ccc(F)cc1)N1CCCC(N(C)CC(=O)O)CC1. The molecule has 23 heavy (non-hydrogen) atoms. The van der Waals surface area contributed by atoms with Crippen LogP contribution in [0.5, 0.6) is 0 Å². The Morgan fingerprint density at radius 2 is 2.04 bits per heavy atom. The van der Waals surface area contributed by atoms with E-state index in [0.29, 0.717) is 12.1 Å². The van der Waals surface area contributed by atoms with Gasteiger partial charge in [0.25, 0.3) is 0 Å². The van der Waals surface area contributed by atoms with E-state index in [0.717, 1.165) is 44.3 Å². The molecule has 1 N–H and O–H groups in total. The monoisotopic (exact) mass is 322 g/mol. The molecule has 1 aromatic rings. The van der Waals surface area contributed by atoms with Crippen molar-refractivity contribution in [3.8, 4) is 0 Å². The number of benzene rings is 1. The van der Waals surface area contributed by atoms with Crippen molar-refractivity contribution in [3.63, 3.8) is 0 Å². The third-order valence-corrected chi connectivity index (χ3v) is 4.82. The summed E-state index contributed by atoms with van der Waals surface area (Å²) in [5.41, 5.74) is 1.16. The van der Waals surface area contributed by atoms with Crippen molar-refractivity contribution in [1.82, 2.24) is 9.80 Å². The molecule has 2 rings (SSSR count). The van der Waals surface area contributed by atoms with Crippen LogP contribution in [0.2, 0.25) is 0 Å². The van der Waals surface area contributed by atoms with E-state index in [4.69, 9.17) is 5.11 Å². The summed E-state index contributed by atoms with van der Waals surface area (Å²) in [6.07, 6.45) is 4.05. The molecule has 4 nitrogen and oxygen atoms in total. The minimum absolute atomic E-state index is 0.0971. The van der Waals surface area contributed by atoms with Crippen LogP contribution in [0.15, 0.2) is 24.3 Å². The van der Waals surface area contributed by atoms with E-state index in [2.05, 4.69) is 11.8 Å². The molecule has 1 fully saturated rings. The molecule has 0 amide bonds. The largest absolute Gasteiger partial charge is 0.480 e. The highest BCUT2D eigenvalue weighted by Crippen LogP contribution is 2.28. The predicted octanol–water partition coefficient (Wildman–Crippen LogP) is 3.15. The topological polar surface area (TPSA) is 43.8 Å². The lowest BCUT2D eigenvalue weighted by Gasteiger charge is -2.31. The van der Waals surface area contributed by atoms with Crippen molar-refractivity contribution in [3.05, 3.63) is 35.6 Å². The molecule has 1 saturated heterocycles. The maximum absolute atomic E-state index is 13.1. The number of carbonyl (C=O) groups is 1. The smallest absolute Gasteiger partial charge is 0.317 e. The van der Waals surface area contributed by atoms with Crippen molar-refractivity contribution in [2.24, 2.45) is 0 Å². The zero-order chi connectivity index (χ0) is 16.8. The van der Waals surface area contributed by atoms with Gasteiger partial charge in [0, 0.05) is 18.6 Å². The number of carboxylic acid groups (broad SMARTS) is 1. The molecule has 0 radical (unpaired) electrons. The summed E-state index contributed by atoms with van der Waals surface area (Å²) in [5.74, 6) is -0.971. The Morgan fingerprint density at radius 1 is 1.35 bits per heavy atom. The standard InChI is InChI=1S/C18H27FN2O2/c1-3-17(14-6-8-15(19)9-7-14)21-11-4-5-16(10-12-21)20(2)13-18(22)23/h6-9,16-17H,3-5,10-13H2,1-2H3,(H,22,23). The zero-order valence-electron chi connectivity index (χ0n) is 14.0. The fourth-order valence-electron chi connectivity index (χ4n) is 3.59. The minimum atomic E-state index is -0.772. The van der Waals surface area contributed by atoms with Crippen molar-refractivity contribution in [2.75, 3.05) is 26.7 Å². The molecule has 2 atom stereocenters. The van der Waals surface area contributed by atoms with Crippen molar-refractivity contribution in [2.45, 2.75) is 44.7 Å². The highest BCUT2D eigenvalue weighted by atomic mass is 19.1. The molecule has 0 spiro atoms. The summed E-state index contributed by atoms with van der Waals surface area (Å²) < 4.78 is 13.1. The van der Waals surface area contributed by atoms with Gasteiger partial charge in [0.1, 0.15) is 5.82 Å². The molecule has 0 bridgehead atoms. The predicted molar refractivity (Wildman–Crippen MR) is 88.9 cm³/mol. The van der Waals surface area contributed by atoms with Gasteiger partial charge in [-0.05, 0) is 57.0 Å². The van der Waals surface area contributed by atoms with Gasteiger partial charge in [-0.2, -0.15) is 0 Å². The van der Waals surface area contributed by atoms with Gasteiger partial charge in [0.2, 0.25) is 0 Å². The molecular weight excluding hydrogens is 295 g/mol. The molecule has 2 unspecified atom stereocenters.